The summed E-state index contributed by atoms with van der Waals surface area (Å²) in [6, 6.07) is 0.258. The van der Waals surface area contributed by atoms with E-state index in [4.69, 9.17) is 5.73 Å². The van der Waals surface area contributed by atoms with E-state index in [0.717, 1.165) is 24.2 Å². The van der Waals surface area contributed by atoms with Crippen LogP contribution in [0.15, 0.2) is 23.3 Å². The van der Waals surface area contributed by atoms with Crippen LogP contribution in [0.3, 0.4) is 0 Å². The molecule has 19 heavy (non-hydrogen) atoms. The fraction of sp³-hybridized carbons (Fsp3) is 0.538. The van der Waals surface area contributed by atoms with Crippen molar-refractivity contribution in [3.05, 3.63) is 34.5 Å². The van der Waals surface area contributed by atoms with Crippen LogP contribution in [-0.4, -0.2) is 32.8 Å². The van der Waals surface area contributed by atoms with E-state index >= 15 is 0 Å². The summed E-state index contributed by atoms with van der Waals surface area (Å²) < 4.78 is 1.82. The molecule has 2 aromatic rings. The van der Waals surface area contributed by atoms with Crippen molar-refractivity contribution in [3.8, 4) is 0 Å². The lowest BCUT2D eigenvalue weighted by Crippen LogP contribution is -2.38. The van der Waals surface area contributed by atoms with E-state index in [9.17, 15) is 0 Å². The van der Waals surface area contributed by atoms with Crippen molar-refractivity contribution in [3.63, 3.8) is 0 Å². The minimum absolute atomic E-state index is 0.0906. The van der Waals surface area contributed by atoms with Crippen molar-refractivity contribution in [2.75, 3.05) is 7.05 Å². The molecule has 0 aliphatic rings. The van der Waals surface area contributed by atoms with Gasteiger partial charge in [-0.25, -0.2) is 4.98 Å². The lowest BCUT2D eigenvalue weighted by Gasteiger charge is -2.31. The normalized spacial score (nSPS) is 14.8. The van der Waals surface area contributed by atoms with Crippen LogP contribution in [0, 0.1) is 0 Å². The molecule has 2 unspecified atom stereocenters. The summed E-state index contributed by atoms with van der Waals surface area (Å²) in [4.78, 5) is 6.59. The van der Waals surface area contributed by atoms with Gasteiger partial charge in [0.2, 0.25) is 0 Å². The Hall–Kier alpha value is -1.24. The van der Waals surface area contributed by atoms with Crippen molar-refractivity contribution in [1.82, 2.24) is 19.7 Å². The molecule has 0 saturated carbocycles. The second-order valence-corrected chi connectivity index (χ2v) is 5.58. The Morgan fingerprint density at radius 2 is 2.32 bits per heavy atom. The number of thiazole rings is 1. The summed E-state index contributed by atoms with van der Waals surface area (Å²) in [5, 5.41) is 6.33. The van der Waals surface area contributed by atoms with Crippen molar-refractivity contribution in [1.29, 1.82) is 0 Å². The van der Waals surface area contributed by atoms with Gasteiger partial charge in [0.15, 0.2) is 0 Å². The Kier molecular flexibility index (Phi) is 4.68. The summed E-state index contributed by atoms with van der Waals surface area (Å²) >= 11 is 1.62. The van der Waals surface area contributed by atoms with Crippen LogP contribution in [0.25, 0.3) is 0 Å². The highest BCUT2D eigenvalue weighted by Gasteiger charge is 2.24. The molecule has 2 N–H and O–H groups in total. The number of aromatic nitrogens is 3. The maximum atomic E-state index is 6.29. The number of hydrogen-bond donors (Lipinski definition) is 1. The van der Waals surface area contributed by atoms with Gasteiger partial charge in [0.05, 0.1) is 23.4 Å². The minimum atomic E-state index is 0.0906. The second kappa shape index (κ2) is 6.27. The number of aryl methyl sites for hydroxylation is 1. The highest BCUT2D eigenvalue weighted by Crippen LogP contribution is 2.25. The van der Waals surface area contributed by atoms with E-state index < -0.39 is 0 Å². The van der Waals surface area contributed by atoms with Crippen molar-refractivity contribution in [2.24, 2.45) is 12.8 Å². The van der Waals surface area contributed by atoms with E-state index in [1.165, 1.54) is 0 Å². The Balaban J connectivity index is 2.17. The van der Waals surface area contributed by atoms with Crippen LogP contribution < -0.4 is 5.73 Å². The van der Waals surface area contributed by atoms with Gasteiger partial charge in [0.1, 0.15) is 0 Å². The minimum Gasteiger partial charge on any atom is -0.326 e. The predicted molar refractivity (Wildman–Crippen MR) is 77.8 cm³/mol. The fourth-order valence-electron chi connectivity index (χ4n) is 2.31. The summed E-state index contributed by atoms with van der Waals surface area (Å²) in [5.74, 6) is 0. The van der Waals surface area contributed by atoms with Crippen molar-refractivity contribution in [2.45, 2.75) is 32.0 Å². The number of nitrogens with two attached hydrogens (primary N) is 1. The van der Waals surface area contributed by atoms with Crippen LogP contribution in [0.2, 0.25) is 0 Å². The number of likely N-dealkylation sites (N-methyl/N-ethyl adjacent to an activating group) is 1. The molecule has 6 heteroatoms. The van der Waals surface area contributed by atoms with Gasteiger partial charge in [0.25, 0.3) is 0 Å². The van der Waals surface area contributed by atoms with Gasteiger partial charge >= 0.3 is 0 Å². The molecular formula is C13H21N5S. The Bertz CT molecular complexity index is 493. The zero-order valence-electron chi connectivity index (χ0n) is 11.7. The first-order chi connectivity index (χ1) is 9.11. The number of hydrogen-bond acceptors (Lipinski definition) is 5. The van der Waals surface area contributed by atoms with Gasteiger partial charge in [-0.1, -0.05) is 6.92 Å². The van der Waals surface area contributed by atoms with Gasteiger partial charge in [-0.2, -0.15) is 5.10 Å². The topological polar surface area (TPSA) is 60.0 Å². The monoisotopic (exact) mass is 279 g/mol. The molecule has 0 aliphatic carbocycles. The van der Waals surface area contributed by atoms with Crippen LogP contribution in [0.4, 0.5) is 0 Å². The Morgan fingerprint density at radius 3 is 2.84 bits per heavy atom. The molecule has 0 amide bonds. The average molecular weight is 279 g/mol. The zero-order valence-corrected chi connectivity index (χ0v) is 12.5. The van der Waals surface area contributed by atoms with Crippen LogP contribution >= 0.6 is 11.3 Å². The van der Waals surface area contributed by atoms with E-state index in [-0.39, 0.29) is 12.1 Å². The molecule has 2 atom stereocenters. The first-order valence-corrected chi connectivity index (χ1v) is 7.37. The molecule has 0 spiro atoms. The quantitative estimate of drug-likeness (QED) is 0.875. The van der Waals surface area contributed by atoms with E-state index in [0.29, 0.717) is 0 Å². The third-order valence-corrected chi connectivity index (χ3v) is 3.95. The van der Waals surface area contributed by atoms with Crippen molar-refractivity contribution >= 4 is 11.3 Å². The van der Waals surface area contributed by atoms with Crippen molar-refractivity contribution < 1.29 is 0 Å². The summed E-state index contributed by atoms with van der Waals surface area (Å²) in [6.07, 6.45) is 4.87. The van der Waals surface area contributed by atoms with Gasteiger partial charge in [-0.3, -0.25) is 9.58 Å². The van der Waals surface area contributed by atoms with Gasteiger partial charge in [-0.15, -0.1) is 11.3 Å². The molecule has 0 fully saturated rings. The standard InChI is InChI=1S/C13H21N5S/c1-4-12(14)13(10-5-16-18(3)6-10)17(2)7-11-8-19-9-15-11/h5-6,8-9,12-13H,4,7,14H2,1-3H3. The molecular weight excluding hydrogens is 258 g/mol. The highest BCUT2D eigenvalue weighted by molar-refractivity contribution is 7.07. The molecule has 0 radical (unpaired) electrons. The molecule has 0 aliphatic heterocycles. The van der Waals surface area contributed by atoms with Crippen LogP contribution in [0.5, 0.6) is 0 Å². The zero-order chi connectivity index (χ0) is 13.8. The predicted octanol–water partition coefficient (Wildman–Crippen LogP) is 1.79. The SMILES string of the molecule is CCC(N)C(c1cnn(C)c1)N(C)Cc1cscn1. The lowest BCUT2D eigenvalue weighted by molar-refractivity contribution is 0.200. The molecule has 0 bridgehead atoms. The molecule has 104 valence electrons. The third-order valence-electron chi connectivity index (χ3n) is 3.31. The largest absolute Gasteiger partial charge is 0.326 e. The van der Waals surface area contributed by atoms with Gasteiger partial charge < -0.3 is 5.73 Å². The number of nitrogens with zero attached hydrogens (tertiary/aromatic N) is 4. The van der Waals surface area contributed by atoms with E-state index in [1.54, 1.807) is 11.3 Å². The summed E-state index contributed by atoms with van der Waals surface area (Å²) in [5.41, 5.74) is 10.4. The lowest BCUT2D eigenvalue weighted by atomic mass is 9.99. The third kappa shape index (κ3) is 3.40. The fourth-order valence-corrected chi connectivity index (χ4v) is 2.86. The maximum Gasteiger partial charge on any atom is 0.0795 e. The highest BCUT2D eigenvalue weighted by atomic mass is 32.1. The smallest absolute Gasteiger partial charge is 0.0795 e. The molecule has 2 aromatic heterocycles. The molecule has 0 saturated heterocycles. The Labute approximate surface area is 118 Å². The maximum absolute atomic E-state index is 6.29. The summed E-state index contributed by atoms with van der Waals surface area (Å²) in [7, 11) is 4.02. The Morgan fingerprint density at radius 1 is 1.53 bits per heavy atom. The van der Waals surface area contributed by atoms with Crippen LogP contribution in [-0.2, 0) is 13.6 Å². The van der Waals surface area contributed by atoms with Gasteiger partial charge in [0, 0.05) is 36.8 Å². The molecule has 2 rings (SSSR count). The second-order valence-electron chi connectivity index (χ2n) is 4.86. The van der Waals surface area contributed by atoms with E-state index in [1.807, 2.05) is 29.6 Å². The summed E-state index contributed by atoms with van der Waals surface area (Å²) in [6.45, 7) is 2.92. The number of rotatable bonds is 6. The molecule has 5 nitrogen and oxygen atoms in total. The average Bonchev–Trinajstić information content (AvgIpc) is 3.01. The first-order valence-electron chi connectivity index (χ1n) is 6.43. The van der Waals surface area contributed by atoms with Gasteiger partial charge in [-0.05, 0) is 13.5 Å². The first kappa shape index (κ1) is 14.2. The van der Waals surface area contributed by atoms with Crippen LogP contribution in [0.1, 0.15) is 30.6 Å². The molecule has 2 heterocycles. The van der Waals surface area contributed by atoms with E-state index in [2.05, 4.69) is 34.3 Å². The molecule has 0 aromatic carbocycles.